The number of thioether (sulfide) groups is 1. The van der Waals surface area contributed by atoms with E-state index in [1.807, 2.05) is 0 Å². The molecule has 0 N–H and O–H groups in total. The molecule has 0 fully saturated rings. The minimum absolute atomic E-state index is 0.155. The van der Waals surface area contributed by atoms with Crippen LogP contribution in [0, 0.1) is 0 Å². The van der Waals surface area contributed by atoms with E-state index in [0.29, 0.717) is 11.8 Å². The van der Waals surface area contributed by atoms with Gasteiger partial charge in [-0.15, -0.1) is 13.2 Å². The Labute approximate surface area is 88.4 Å². The lowest BCUT2D eigenvalue weighted by atomic mass is 10.3. The van der Waals surface area contributed by atoms with E-state index in [2.05, 4.69) is 4.74 Å². The number of carbonyl (C=O) groups is 1. The molecule has 82 valence electrons. The van der Waals surface area contributed by atoms with Crippen LogP contribution in [0.4, 0.5) is 13.2 Å². The second kappa shape index (κ2) is 4.57. The molecule has 0 aromatic heterocycles. The molecule has 0 spiro atoms. The molecule has 6 heteroatoms. The molecule has 0 saturated carbocycles. The molecule has 0 amide bonds. The molecule has 0 aliphatic heterocycles. The largest absolute Gasteiger partial charge is 0.573 e. The lowest BCUT2D eigenvalue weighted by molar-refractivity contribution is -0.275. The van der Waals surface area contributed by atoms with Crippen molar-refractivity contribution < 1.29 is 22.7 Å². The fourth-order valence-electron chi connectivity index (χ4n) is 0.898. The molecule has 0 heterocycles. The van der Waals surface area contributed by atoms with E-state index >= 15 is 0 Å². The van der Waals surface area contributed by atoms with Crippen LogP contribution in [-0.2, 0) is 4.79 Å². The quantitative estimate of drug-likeness (QED) is 0.737. The van der Waals surface area contributed by atoms with Crippen molar-refractivity contribution in [2.75, 3.05) is 0 Å². The lowest BCUT2D eigenvalue weighted by Crippen LogP contribution is -2.17. The minimum atomic E-state index is -4.74. The van der Waals surface area contributed by atoms with Crippen molar-refractivity contribution >= 4 is 16.9 Å². The normalized spacial score (nSPS) is 11.2. The van der Waals surface area contributed by atoms with Crippen molar-refractivity contribution in [1.29, 1.82) is 0 Å². The van der Waals surface area contributed by atoms with Crippen LogP contribution in [0.3, 0.4) is 0 Å². The van der Waals surface area contributed by atoms with Gasteiger partial charge in [-0.1, -0.05) is 12.1 Å². The number of hydrogen-bond acceptors (Lipinski definition) is 3. The summed E-state index contributed by atoms with van der Waals surface area (Å²) in [6.07, 6.45) is -4.74. The van der Waals surface area contributed by atoms with Gasteiger partial charge in [-0.05, 0) is 23.9 Å². The molecule has 15 heavy (non-hydrogen) atoms. The van der Waals surface area contributed by atoms with Crippen molar-refractivity contribution in [2.24, 2.45) is 0 Å². The van der Waals surface area contributed by atoms with Gasteiger partial charge in [0, 0.05) is 6.92 Å². The minimum Gasteiger partial charge on any atom is -0.405 e. The van der Waals surface area contributed by atoms with Gasteiger partial charge in [0.15, 0.2) is 5.12 Å². The van der Waals surface area contributed by atoms with E-state index in [9.17, 15) is 18.0 Å². The highest BCUT2D eigenvalue weighted by Crippen LogP contribution is 2.33. The highest BCUT2D eigenvalue weighted by Gasteiger charge is 2.32. The zero-order valence-corrected chi connectivity index (χ0v) is 8.48. The molecule has 0 aliphatic carbocycles. The van der Waals surface area contributed by atoms with Crippen molar-refractivity contribution in [3.63, 3.8) is 0 Å². The summed E-state index contributed by atoms with van der Waals surface area (Å²) in [6.45, 7) is 1.27. The zero-order chi connectivity index (χ0) is 11.5. The summed E-state index contributed by atoms with van der Waals surface area (Å²) >= 11 is 0.702. The number of hydrogen-bond donors (Lipinski definition) is 0. The van der Waals surface area contributed by atoms with E-state index in [1.165, 1.54) is 31.2 Å². The van der Waals surface area contributed by atoms with E-state index in [1.54, 1.807) is 0 Å². The van der Waals surface area contributed by atoms with Crippen molar-refractivity contribution in [2.45, 2.75) is 18.2 Å². The average Bonchev–Trinajstić information content (AvgIpc) is 2.05. The van der Waals surface area contributed by atoms with E-state index in [0.717, 1.165) is 0 Å². The van der Waals surface area contributed by atoms with Gasteiger partial charge in [0.25, 0.3) is 0 Å². The summed E-state index contributed by atoms with van der Waals surface area (Å²) in [6, 6.07) is 5.51. The van der Waals surface area contributed by atoms with E-state index in [-0.39, 0.29) is 15.8 Å². The third kappa shape index (κ3) is 4.24. The Bertz CT molecular complexity index is 363. The number of rotatable bonds is 2. The number of carbonyl (C=O) groups excluding carboxylic acids is 1. The second-order valence-electron chi connectivity index (χ2n) is 2.59. The average molecular weight is 236 g/mol. The van der Waals surface area contributed by atoms with Crippen LogP contribution < -0.4 is 4.74 Å². The zero-order valence-electron chi connectivity index (χ0n) is 7.67. The number of benzene rings is 1. The first-order chi connectivity index (χ1) is 6.88. The summed E-state index contributed by atoms with van der Waals surface area (Å²) in [5.41, 5.74) is 0. The number of ether oxygens (including phenoxy) is 1. The molecule has 0 aliphatic rings. The summed E-state index contributed by atoms with van der Waals surface area (Å²) in [4.78, 5) is 10.9. The molecule has 2 nitrogen and oxygen atoms in total. The highest BCUT2D eigenvalue weighted by atomic mass is 32.2. The van der Waals surface area contributed by atoms with Crippen LogP contribution in [0.1, 0.15) is 6.92 Å². The predicted molar refractivity (Wildman–Crippen MR) is 49.7 cm³/mol. The van der Waals surface area contributed by atoms with Crippen LogP contribution in [0.15, 0.2) is 29.2 Å². The smallest absolute Gasteiger partial charge is 0.405 e. The molecule has 0 saturated heterocycles. The Kier molecular flexibility index (Phi) is 3.62. The Morgan fingerprint density at radius 1 is 1.33 bits per heavy atom. The maximum Gasteiger partial charge on any atom is 0.573 e. The lowest BCUT2D eigenvalue weighted by Gasteiger charge is -2.11. The van der Waals surface area contributed by atoms with E-state index < -0.39 is 6.36 Å². The van der Waals surface area contributed by atoms with Crippen LogP contribution in [0.5, 0.6) is 5.75 Å². The molecule has 1 rings (SSSR count). The van der Waals surface area contributed by atoms with E-state index in [4.69, 9.17) is 0 Å². The summed E-state index contributed by atoms with van der Waals surface area (Å²) in [5, 5.41) is -0.298. The first-order valence-electron chi connectivity index (χ1n) is 3.91. The van der Waals surface area contributed by atoms with Gasteiger partial charge < -0.3 is 4.74 Å². The standard InChI is InChI=1S/C9H7F3O2S/c1-6(13)15-8-5-3-2-4-7(8)14-9(10,11)12/h2-5H,1H3. The fourth-order valence-corrected chi connectivity index (χ4v) is 1.56. The van der Waals surface area contributed by atoms with Gasteiger partial charge in [0.1, 0.15) is 5.75 Å². The van der Waals surface area contributed by atoms with Gasteiger partial charge in [-0.2, -0.15) is 0 Å². The Morgan fingerprint density at radius 3 is 2.47 bits per heavy atom. The van der Waals surface area contributed by atoms with Crippen LogP contribution >= 0.6 is 11.8 Å². The van der Waals surface area contributed by atoms with Gasteiger partial charge in [-0.25, -0.2) is 0 Å². The molecule has 0 radical (unpaired) electrons. The number of halogens is 3. The maximum absolute atomic E-state index is 11.9. The van der Waals surface area contributed by atoms with Crippen LogP contribution in [0.2, 0.25) is 0 Å². The third-order valence-electron chi connectivity index (χ3n) is 1.33. The van der Waals surface area contributed by atoms with Crippen molar-refractivity contribution in [3.8, 4) is 5.75 Å². The highest BCUT2D eigenvalue weighted by molar-refractivity contribution is 8.13. The second-order valence-corrected chi connectivity index (χ2v) is 3.81. The van der Waals surface area contributed by atoms with Crippen molar-refractivity contribution in [1.82, 2.24) is 0 Å². The maximum atomic E-state index is 11.9. The molecular weight excluding hydrogens is 229 g/mol. The SMILES string of the molecule is CC(=O)Sc1ccccc1OC(F)(F)F. The summed E-state index contributed by atoms with van der Waals surface area (Å²) in [5.74, 6) is -0.356. The Morgan fingerprint density at radius 2 is 1.93 bits per heavy atom. The first kappa shape index (κ1) is 11.9. The summed E-state index contributed by atoms with van der Waals surface area (Å²) in [7, 11) is 0. The summed E-state index contributed by atoms with van der Waals surface area (Å²) < 4.78 is 39.6. The van der Waals surface area contributed by atoms with Gasteiger partial charge >= 0.3 is 6.36 Å². The van der Waals surface area contributed by atoms with Crippen molar-refractivity contribution in [3.05, 3.63) is 24.3 Å². The van der Waals surface area contributed by atoms with Crippen LogP contribution in [0.25, 0.3) is 0 Å². The number of para-hydroxylation sites is 1. The molecule has 0 bridgehead atoms. The topological polar surface area (TPSA) is 26.3 Å². The van der Waals surface area contributed by atoms with Gasteiger partial charge in [0.05, 0.1) is 4.90 Å². The van der Waals surface area contributed by atoms with Gasteiger partial charge in [0.2, 0.25) is 0 Å². The Balaban J connectivity index is 2.91. The molecule has 0 unspecified atom stereocenters. The predicted octanol–water partition coefficient (Wildman–Crippen LogP) is 3.22. The molecule has 1 aromatic rings. The third-order valence-corrected chi connectivity index (χ3v) is 2.17. The number of alkyl halides is 3. The Hall–Kier alpha value is -1.17. The monoisotopic (exact) mass is 236 g/mol. The molecule has 1 aromatic carbocycles. The molecular formula is C9H7F3O2S. The van der Waals surface area contributed by atoms with Crippen LogP contribution in [-0.4, -0.2) is 11.5 Å². The first-order valence-corrected chi connectivity index (χ1v) is 4.73. The molecule has 0 atom stereocenters. The van der Waals surface area contributed by atoms with Gasteiger partial charge in [-0.3, -0.25) is 4.79 Å². The fraction of sp³-hybridized carbons (Fsp3) is 0.222.